The number of carbonyl (C=O) groups excluding carboxylic acids is 1. The van der Waals surface area contributed by atoms with Gasteiger partial charge < -0.3 is 9.73 Å². The van der Waals surface area contributed by atoms with Crippen molar-refractivity contribution in [2.24, 2.45) is 0 Å². The lowest BCUT2D eigenvalue weighted by Crippen LogP contribution is -2.14. The van der Waals surface area contributed by atoms with Crippen LogP contribution in [0.4, 0.5) is 5.69 Å². The van der Waals surface area contributed by atoms with Crippen molar-refractivity contribution in [3.05, 3.63) is 81.5 Å². The minimum absolute atomic E-state index is 0.0657. The Kier molecular flexibility index (Phi) is 6.20. The molecule has 0 aliphatic carbocycles. The Labute approximate surface area is 173 Å². The molecule has 1 amide bonds. The largest absolute Gasteiger partial charge is 0.457 e. The van der Waals surface area contributed by atoms with E-state index in [9.17, 15) is 10.1 Å². The van der Waals surface area contributed by atoms with Crippen LogP contribution in [0.2, 0.25) is 10.0 Å². The highest BCUT2D eigenvalue weighted by molar-refractivity contribution is 6.35. The molecule has 6 heteroatoms. The topological polar surface area (TPSA) is 66.0 Å². The van der Waals surface area contributed by atoms with E-state index in [1.54, 1.807) is 36.4 Å². The zero-order valence-corrected chi connectivity index (χ0v) is 16.5. The van der Waals surface area contributed by atoms with E-state index in [0.29, 0.717) is 32.8 Å². The Bertz CT molecular complexity index is 1090. The van der Waals surface area contributed by atoms with Crippen LogP contribution < -0.4 is 5.32 Å². The molecule has 0 spiro atoms. The number of carbonyl (C=O) groups is 1. The summed E-state index contributed by atoms with van der Waals surface area (Å²) in [6.07, 6.45) is 2.16. The minimum Gasteiger partial charge on any atom is -0.457 e. The zero-order valence-electron chi connectivity index (χ0n) is 15.0. The van der Waals surface area contributed by atoms with Gasteiger partial charge in [-0.3, -0.25) is 4.79 Å². The molecule has 140 valence electrons. The molecule has 2 aromatic carbocycles. The first-order valence-corrected chi connectivity index (χ1v) is 9.33. The highest BCUT2D eigenvalue weighted by Gasteiger charge is 2.14. The third-order valence-electron chi connectivity index (χ3n) is 4.12. The fourth-order valence-electron chi connectivity index (χ4n) is 2.69. The number of benzene rings is 2. The van der Waals surface area contributed by atoms with E-state index in [0.717, 1.165) is 12.0 Å². The number of hydrogen-bond acceptors (Lipinski definition) is 3. The Morgan fingerprint density at radius 3 is 2.71 bits per heavy atom. The van der Waals surface area contributed by atoms with Crippen molar-refractivity contribution in [3.8, 4) is 17.4 Å². The van der Waals surface area contributed by atoms with E-state index in [4.69, 9.17) is 27.6 Å². The van der Waals surface area contributed by atoms with Crippen LogP contribution in [0.1, 0.15) is 18.2 Å². The van der Waals surface area contributed by atoms with Crippen molar-refractivity contribution >= 4 is 40.9 Å². The van der Waals surface area contributed by atoms with Crippen LogP contribution in [0.3, 0.4) is 0 Å². The number of hydrogen-bond donors (Lipinski definition) is 1. The molecule has 1 aromatic heterocycles. The number of aryl methyl sites for hydroxylation is 1. The number of halogens is 2. The molecular weight excluding hydrogens is 395 g/mol. The molecule has 0 atom stereocenters. The molecule has 0 aliphatic rings. The molecule has 0 bridgehead atoms. The molecule has 1 N–H and O–H groups in total. The quantitative estimate of drug-likeness (QED) is 0.392. The number of nitrogens with one attached hydrogen (secondary N) is 1. The molecule has 0 saturated heterocycles. The predicted molar refractivity (Wildman–Crippen MR) is 112 cm³/mol. The van der Waals surface area contributed by atoms with Gasteiger partial charge in [0.2, 0.25) is 0 Å². The van der Waals surface area contributed by atoms with E-state index in [-0.39, 0.29) is 5.57 Å². The van der Waals surface area contributed by atoms with Gasteiger partial charge in [-0.05, 0) is 48.4 Å². The van der Waals surface area contributed by atoms with Crippen molar-refractivity contribution in [1.82, 2.24) is 0 Å². The summed E-state index contributed by atoms with van der Waals surface area (Å²) in [5.74, 6) is 0.358. The average Bonchev–Trinajstić information content (AvgIpc) is 3.16. The summed E-state index contributed by atoms with van der Waals surface area (Å²) in [6, 6.07) is 17.8. The molecule has 3 aromatic rings. The van der Waals surface area contributed by atoms with E-state index in [2.05, 4.69) is 5.32 Å². The zero-order chi connectivity index (χ0) is 20.1. The highest BCUT2D eigenvalue weighted by Crippen LogP contribution is 2.32. The molecule has 0 saturated carbocycles. The van der Waals surface area contributed by atoms with Crippen LogP contribution >= 0.6 is 23.2 Å². The van der Waals surface area contributed by atoms with Gasteiger partial charge in [0.25, 0.3) is 5.91 Å². The number of nitrogens with zero attached hydrogens (tertiary/aromatic N) is 1. The van der Waals surface area contributed by atoms with Gasteiger partial charge in [-0.15, -0.1) is 0 Å². The summed E-state index contributed by atoms with van der Waals surface area (Å²) in [7, 11) is 0. The van der Waals surface area contributed by atoms with Gasteiger partial charge in [-0.2, -0.15) is 5.26 Å². The molecule has 0 fully saturated rings. The van der Waals surface area contributed by atoms with E-state index < -0.39 is 5.91 Å². The van der Waals surface area contributed by atoms with Gasteiger partial charge in [-0.25, -0.2) is 0 Å². The normalized spacial score (nSPS) is 11.1. The SMILES string of the molecule is CCc1ccccc1NC(=O)/C(C#N)=C/c1ccc(-c2cc(Cl)ccc2Cl)o1. The van der Waals surface area contributed by atoms with Crippen LogP contribution in [0.5, 0.6) is 0 Å². The van der Waals surface area contributed by atoms with Crippen LogP contribution in [0.15, 0.2) is 64.6 Å². The summed E-state index contributed by atoms with van der Waals surface area (Å²) in [6.45, 7) is 2.00. The van der Waals surface area contributed by atoms with Gasteiger partial charge in [0, 0.05) is 22.3 Å². The second-order valence-corrected chi connectivity index (χ2v) is 6.80. The Hall–Kier alpha value is -3.00. The Morgan fingerprint density at radius 2 is 1.96 bits per heavy atom. The molecule has 0 unspecified atom stereocenters. The number of nitriles is 1. The van der Waals surface area contributed by atoms with Crippen molar-refractivity contribution in [3.63, 3.8) is 0 Å². The lowest BCUT2D eigenvalue weighted by Gasteiger charge is -2.08. The summed E-state index contributed by atoms with van der Waals surface area (Å²) in [4.78, 5) is 12.5. The summed E-state index contributed by atoms with van der Waals surface area (Å²) in [5, 5.41) is 13.2. The maximum Gasteiger partial charge on any atom is 0.266 e. The average molecular weight is 411 g/mol. The molecule has 28 heavy (non-hydrogen) atoms. The number of rotatable bonds is 5. The van der Waals surface area contributed by atoms with Crippen LogP contribution in [0.25, 0.3) is 17.4 Å². The fraction of sp³-hybridized carbons (Fsp3) is 0.0909. The van der Waals surface area contributed by atoms with Crippen molar-refractivity contribution in [2.75, 3.05) is 5.32 Å². The first kappa shape index (κ1) is 19.8. The minimum atomic E-state index is -0.498. The summed E-state index contributed by atoms with van der Waals surface area (Å²) >= 11 is 12.2. The second kappa shape index (κ2) is 8.79. The number of furan rings is 1. The second-order valence-electron chi connectivity index (χ2n) is 5.96. The van der Waals surface area contributed by atoms with Crippen molar-refractivity contribution in [2.45, 2.75) is 13.3 Å². The van der Waals surface area contributed by atoms with Gasteiger partial charge >= 0.3 is 0 Å². The third kappa shape index (κ3) is 4.45. The van der Waals surface area contributed by atoms with Gasteiger partial charge in [0.05, 0.1) is 5.02 Å². The molecular formula is C22H16Cl2N2O2. The van der Waals surface area contributed by atoms with E-state index in [1.165, 1.54) is 6.08 Å². The van der Waals surface area contributed by atoms with Crippen LogP contribution in [-0.4, -0.2) is 5.91 Å². The van der Waals surface area contributed by atoms with Gasteiger partial charge in [0.1, 0.15) is 23.2 Å². The Balaban J connectivity index is 1.85. The lowest BCUT2D eigenvalue weighted by molar-refractivity contribution is -0.112. The first-order chi connectivity index (χ1) is 13.5. The van der Waals surface area contributed by atoms with Crippen molar-refractivity contribution in [1.29, 1.82) is 5.26 Å². The highest BCUT2D eigenvalue weighted by atomic mass is 35.5. The lowest BCUT2D eigenvalue weighted by atomic mass is 10.1. The third-order valence-corrected chi connectivity index (χ3v) is 4.68. The molecule has 4 nitrogen and oxygen atoms in total. The first-order valence-electron chi connectivity index (χ1n) is 8.58. The monoisotopic (exact) mass is 410 g/mol. The number of amides is 1. The van der Waals surface area contributed by atoms with E-state index in [1.807, 2.05) is 31.2 Å². The van der Waals surface area contributed by atoms with Gasteiger partial charge in [0.15, 0.2) is 0 Å². The molecule has 0 aliphatic heterocycles. The maximum atomic E-state index is 12.5. The smallest absolute Gasteiger partial charge is 0.266 e. The fourth-order valence-corrected chi connectivity index (χ4v) is 3.08. The number of anilines is 1. The van der Waals surface area contributed by atoms with Crippen LogP contribution in [0, 0.1) is 11.3 Å². The number of para-hydroxylation sites is 1. The molecule has 0 radical (unpaired) electrons. The maximum absolute atomic E-state index is 12.5. The van der Waals surface area contributed by atoms with Crippen LogP contribution in [-0.2, 0) is 11.2 Å². The van der Waals surface area contributed by atoms with Crippen molar-refractivity contribution < 1.29 is 9.21 Å². The van der Waals surface area contributed by atoms with Gasteiger partial charge in [-0.1, -0.05) is 48.3 Å². The summed E-state index contributed by atoms with van der Waals surface area (Å²) < 4.78 is 5.73. The predicted octanol–water partition coefficient (Wildman–Crippen LogP) is 6.36. The standard InChI is InChI=1S/C22H16Cl2N2O2/c1-2-14-5-3-4-6-20(14)26-22(27)15(13-25)11-17-8-10-21(28-17)18-12-16(23)7-9-19(18)24/h3-12H,2H2,1H3,(H,26,27)/b15-11+. The molecule has 3 rings (SSSR count). The summed E-state index contributed by atoms with van der Waals surface area (Å²) in [5.41, 5.74) is 2.24. The van der Waals surface area contributed by atoms with E-state index >= 15 is 0 Å². The molecule has 1 heterocycles. The Morgan fingerprint density at radius 1 is 1.18 bits per heavy atom.